The van der Waals surface area contributed by atoms with Crippen LogP contribution in [-0.4, -0.2) is 36.0 Å². The van der Waals surface area contributed by atoms with Crippen LogP contribution in [0.5, 0.6) is 0 Å². The number of Topliss-reactive ketones (excluding diaryl/α,β-unsaturated/α-hetero) is 1. The van der Waals surface area contributed by atoms with Gasteiger partial charge in [-0.3, -0.25) is 9.79 Å². The predicted octanol–water partition coefficient (Wildman–Crippen LogP) is 7.56. The minimum Gasteiger partial charge on any atom is -0.371 e. The van der Waals surface area contributed by atoms with E-state index in [1.54, 1.807) is 0 Å². The molecule has 204 valence electrons. The molecule has 4 aliphatic rings. The maximum Gasteiger partial charge on any atom is 0.161 e. The zero-order valence-electron chi connectivity index (χ0n) is 23.4. The average molecular weight is 522 g/mol. The van der Waals surface area contributed by atoms with Crippen LogP contribution in [0.15, 0.2) is 88.3 Å². The van der Waals surface area contributed by atoms with E-state index in [0.717, 1.165) is 82.9 Å². The van der Waals surface area contributed by atoms with Gasteiger partial charge in [-0.05, 0) is 97.8 Å². The number of hydrogen-bond donors (Lipinski definition) is 1. The van der Waals surface area contributed by atoms with E-state index in [4.69, 9.17) is 5.73 Å². The highest BCUT2D eigenvalue weighted by atomic mass is 16.1. The molecule has 1 unspecified atom stereocenters. The Hall–Kier alpha value is -3.24. The molecule has 4 heteroatoms. The van der Waals surface area contributed by atoms with Gasteiger partial charge in [0.05, 0.1) is 0 Å². The highest BCUT2D eigenvalue weighted by molar-refractivity contribution is 5.98. The second-order valence-corrected chi connectivity index (χ2v) is 11.3. The van der Waals surface area contributed by atoms with Crippen LogP contribution in [0.4, 0.5) is 0 Å². The van der Waals surface area contributed by atoms with Gasteiger partial charge in [0.25, 0.3) is 0 Å². The van der Waals surface area contributed by atoms with Gasteiger partial charge in [0, 0.05) is 48.7 Å². The summed E-state index contributed by atoms with van der Waals surface area (Å²) in [5.74, 6) is 0.731. The van der Waals surface area contributed by atoms with Crippen molar-refractivity contribution in [2.24, 2.45) is 16.6 Å². The zero-order valence-corrected chi connectivity index (χ0v) is 23.4. The van der Waals surface area contributed by atoms with Crippen molar-refractivity contribution in [3.8, 4) is 0 Å². The summed E-state index contributed by atoms with van der Waals surface area (Å²) in [6, 6.07) is 9.19. The van der Waals surface area contributed by atoms with Crippen LogP contribution in [0.3, 0.4) is 0 Å². The second-order valence-electron chi connectivity index (χ2n) is 11.3. The Morgan fingerprint density at radius 3 is 2.79 bits per heavy atom. The fraction of sp³-hybridized carbons (Fsp3) is 0.429. The Labute approximate surface area is 234 Å². The van der Waals surface area contributed by atoms with Crippen LogP contribution >= 0.6 is 0 Å². The van der Waals surface area contributed by atoms with Gasteiger partial charge in [-0.25, -0.2) is 0 Å². The van der Waals surface area contributed by atoms with Gasteiger partial charge in [0.1, 0.15) is 0 Å². The molecule has 1 fully saturated rings. The van der Waals surface area contributed by atoms with E-state index in [1.165, 1.54) is 33.5 Å². The Morgan fingerprint density at radius 1 is 1.15 bits per heavy atom. The van der Waals surface area contributed by atoms with E-state index in [0.29, 0.717) is 17.7 Å². The maximum atomic E-state index is 12.6. The molecule has 0 bridgehead atoms. The summed E-state index contributed by atoms with van der Waals surface area (Å²) >= 11 is 0. The number of carbonyl (C=O) groups excluding carboxylic acids is 1. The summed E-state index contributed by atoms with van der Waals surface area (Å²) in [4.78, 5) is 19.6. The largest absolute Gasteiger partial charge is 0.371 e. The molecule has 2 N–H and O–H groups in total. The zero-order chi connectivity index (χ0) is 27.0. The van der Waals surface area contributed by atoms with Crippen LogP contribution in [0.1, 0.15) is 82.3 Å². The van der Waals surface area contributed by atoms with Crippen LogP contribution in [0, 0.1) is 5.92 Å². The third kappa shape index (κ3) is 7.24. The van der Waals surface area contributed by atoms with Crippen molar-refractivity contribution in [3.63, 3.8) is 0 Å². The number of hydrogen-bond acceptors (Lipinski definition) is 4. The first kappa shape index (κ1) is 27.3. The molecule has 0 amide bonds. The molecule has 2 heterocycles. The van der Waals surface area contributed by atoms with Crippen molar-refractivity contribution in [2.75, 3.05) is 13.1 Å². The number of benzene rings is 1. The van der Waals surface area contributed by atoms with Crippen molar-refractivity contribution in [3.05, 3.63) is 94.4 Å². The normalized spacial score (nSPS) is 21.9. The smallest absolute Gasteiger partial charge is 0.161 e. The molecule has 2 aliphatic carbocycles. The summed E-state index contributed by atoms with van der Waals surface area (Å²) in [6.45, 7) is 4.08. The third-order valence-electron chi connectivity index (χ3n) is 8.20. The first-order valence-corrected chi connectivity index (χ1v) is 15.0. The first-order valence-electron chi connectivity index (χ1n) is 15.0. The van der Waals surface area contributed by atoms with Crippen molar-refractivity contribution in [1.29, 1.82) is 0 Å². The molecule has 0 spiro atoms. The van der Waals surface area contributed by atoms with Crippen molar-refractivity contribution < 1.29 is 4.79 Å². The molecule has 1 aromatic carbocycles. The topological polar surface area (TPSA) is 58.7 Å². The molecule has 0 radical (unpaired) electrons. The van der Waals surface area contributed by atoms with E-state index >= 15 is 0 Å². The SMILES string of the molecule is CCCC(N)CC/C=C/c1ccc(C2=CCC3=CN=CC=C(N4CC/C=C(\C(=O)C5CC5)CCC4)C3=C2)cc1. The van der Waals surface area contributed by atoms with E-state index in [-0.39, 0.29) is 0 Å². The van der Waals surface area contributed by atoms with E-state index in [9.17, 15) is 4.79 Å². The Kier molecular flexibility index (Phi) is 9.26. The standard InChI is InChI=1S/C35H43N3O/c1-2-7-32(36)11-4-3-8-26-12-14-27(15-13-26)30-18-19-31-25-37-21-20-34(33(31)24-30)38-22-5-9-28(10-6-23-38)35(39)29-16-17-29/h3,8-9,12-15,18,20-21,24-25,29,32H,2,4-7,10-11,16-17,19,22-23,36H2,1H3/b8-3+,28-9-. The third-order valence-corrected chi connectivity index (χ3v) is 8.20. The van der Waals surface area contributed by atoms with E-state index in [1.807, 2.05) is 12.4 Å². The molecule has 39 heavy (non-hydrogen) atoms. The van der Waals surface area contributed by atoms with Crippen LogP contribution < -0.4 is 5.73 Å². The number of ketones is 1. The van der Waals surface area contributed by atoms with Crippen molar-refractivity contribution in [1.82, 2.24) is 4.90 Å². The fourth-order valence-electron chi connectivity index (χ4n) is 5.78. The summed E-state index contributed by atoms with van der Waals surface area (Å²) in [7, 11) is 0. The number of rotatable bonds is 10. The molecule has 1 aromatic rings. The summed E-state index contributed by atoms with van der Waals surface area (Å²) in [6.07, 6.45) is 27.6. The number of fused-ring (bicyclic) bond motifs is 1. The summed E-state index contributed by atoms with van der Waals surface area (Å²) < 4.78 is 0. The van der Waals surface area contributed by atoms with E-state index < -0.39 is 0 Å². The van der Waals surface area contributed by atoms with Gasteiger partial charge in [-0.15, -0.1) is 0 Å². The lowest BCUT2D eigenvalue weighted by Crippen LogP contribution is -2.28. The first-order chi connectivity index (χ1) is 19.1. The lowest BCUT2D eigenvalue weighted by molar-refractivity contribution is -0.116. The van der Waals surface area contributed by atoms with Crippen LogP contribution in [0.2, 0.25) is 0 Å². The molecular formula is C35H43N3O. The Balaban J connectivity index is 1.26. The summed E-state index contributed by atoms with van der Waals surface area (Å²) in [5, 5.41) is 0. The molecule has 4 nitrogen and oxygen atoms in total. The number of allylic oxidation sites excluding steroid dienone is 7. The highest BCUT2D eigenvalue weighted by Gasteiger charge is 2.32. The molecule has 1 atom stereocenters. The minimum atomic E-state index is 0.310. The van der Waals surface area contributed by atoms with Crippen LogP contribution in [0.25, 0.3) is 11.6 Å². The predicted molar refractivity (Wildman–Crippen MR) is 164 cm³/mol. The lowest BCUT2D eigenvalue weighted by Gasteiger charge is -2.31. The van der Waals surface area contributed by atoms with Gasteiger partial charge in [0.2, 0.25) is 0 Å². The number of nitrogens with two attached hydrogens (primary N) is 1. The average Bonchev–Trinajstić information content (AvgIpc) is 3.79. The lowest BCUT2D eigenvalue weighted by atomic mass is 9.88. The van der Waals surface area contributed by atoms with Gasteiger partial charge < -0.3 is 10.6 Å². The quantitative estimate of drug-likeness (QED) is 0.345. The number of nitrogens with zero attached hydrogens (tertiary/aromatic N) is 2. The minimum absolute atomic E-state index is 0.310. The van der Waals surface area contributed by atoms with Gasteiger partial charge in [-0.1, -0.05) is 61.9 Å². The van der Waals surface area contributed by atoms with Crippen molar-refractivity contribution >= 4 is 23.6 Å². The fourth-order valence-corrected chi connectivity index (χ4v) is 5.78. The summed E-state index contributed by atoms with van der Waals surface area (Å²) in [5.41, 5.74) is 14.7. The maximum absolute atomic E-state index is 12.6. The molecule has 2 aliphatic heterocycles. The molecule has 5 rings (SSSR count). The molecule has 1 saturated carbocycles. The van der Waals surface area contributed by atoms with Crippen molar-refractivity contribution in [2.45, 2.75) is 77.2 Å². The van der Waals surface area contributed by atoms with Gasteiger partial charge in [-0.2, -0.15) is 0 Å². The Bertz CT molecular complexity index is 1250. The highest BCUT2D eigenvalue weighted by Crippen LogP contribution is 2.37. The second kappa shape index (κ2) is 13.2. The molecule has 0 aromatic heterocycles. The number of carbonyl (C=O) groups is 1. The molecular weight excluding hydrogens is 478 g/mol. The van der Waals surface area contributed by atoms with Gasteiger partial charge in [0.15, 0.2) is 5.78 Å². The van der Waals surface area contributed by atoms with E-state index in [2.05, 4.69) is 77.5 Å². The number of aliphatic imine (C=N–C) groups is 1. The van der Waals surface area contributed by atoms with Gasteiger partial charge >= 0.3 is 0 Å². The Morgan fingerprint density at radius 2 is 2.00 bits per heavy atom. The molecule has 0 saturated heterocycles. The van der Waals surface area contributed by atoms with Crippen LogP contribution in [-0.2, 0) is 4.79 Å². The monoisotopic (exact) mass is 521 g/mol.